The molecular formula is C15H29BN2O4. The molecule has 0 unspecified atom stereocenters. The van der Waals surface area contributed by atoms with Crippen LogP contribution in [0.25, 0.3) is 0 Å². The van der Waals surface area contributed by atoms with Crippen LogP contribution >= 0.6 is 0 Å². The number of carbonyl (C=O) groups excluding carboxylic acids is 1. The van der Waals surface area contributed by atoms with Gasteiger partial charge < -0.3 is 20.7 Å². The van der Waals surface area contributed by atoms with Gasteiger partial charge in [-0.05, 0) is 31.0 Å². The van der Waals surface area contributed by atoms with Crippen LogP contribution in [0.15, 0.2) is 0 Å². The molecule has 1 aliphatic rings. The number of hydrogen-bond acceptors (Lipinski definition) is 4. The van der Waals surface area contributed by atoms with Gasteiger partial charge in [0.25, 0.3) is 0 Å². The second-order valence-corrected chi connectivity index (χ2v) is 7.36. The van der Waals surface area contributed by atoms with Crippen molar-refractivity contribution in [3.63, 3.8) is 0 Å². The highest BCUT2D eigenvalue weighted by atomic mass is 16.4. The monoisotopic (exact) mass is 312 g/mol. The number of carboxylic acids is 1. The van der Waals surface area contributed by atoms with Crippen LogP contribution in [0.1, 0.15) is 52.9 Å². The van der Waals surface area contributed by atoms with Crippen LogP contribution in [-0.2, 0) is 9.59 Å². The number of carboxylic acid groups (broad SMARTS) is 1. The molecule has 126 valence electrons. The molecule has 7 heteroatoms. The van der Waals surface area contributed by atoms with Crippen LogP contribution < -0.4 is 10.5 Å². The SMILES string of the molecule is CB(O)N[C@H](C(=O)N[C@H](C(=O)O)C1CCCCC1)C(C)(C)C. The predicted molar refractivity (Wildman–Crippen MR) is 86.4 cm³/mol. The van der Waals surface area contributed by atoms with Gasteiger partial charge in [0.2, 0.25) is 5.91 Å². The van der Waals surface area contributed by atoms with Crippen molar-refractivity contribution in [1.82, 2.24) is 10.5 Å². The fourth-order valence-electron chi connectivity index (χ4n) is 3.05. The fourth-order valence-corrected chi connectivity index (χ4v) is 3.05. The summed E-state index contributed by atoms with van der Waals surface area (Å²) in [5.74, 6) is -1.36. The van der Waals surface area contributed by atoms with Crippen LogP contribution in [0.4, 0.5) is 0 Å². The van der Waals surface area contributed by atoms with Crippen LogP contribution in [0.3, 0.4) is 0 Å². The average Bonchev–Trinajstić information content (AvgIpc) is 2.41. The van der Waals surface area contributed by atoms with Crippen molar-refractivity contribution >= 4 is 18.9 Å². The Balaban J connectivity index is 2.81. The van der Waals surface area contributed by atoms with E-state index in [1.165, 1.54) is 0 Å². The molecule has 22 heavy (non-hydrogen) atoms. The van der Waals surface area contributed by atoms with E-state index in [-0.39, 0.29) is 11.8 Å². The highest BCUT2D eigenvalue weighted by Gasteiger charge is 2.37. The van der Waals surface area contributed by atoms with Crippen molar-refractivity contribution in [2.45, 2.75) is 71.8 Å². The molecule has 4 N–H and O–H groups in total. The van der Waals surface area contributed by atoms with Gasteiger partial charge in [-0.3, -0.25) is 4.79 Å². The molecule has 1 rings (SSSR count). The maximum absolute atomic E-state index is 12.5. The van der Waals surface area contributed by atoms with Gasteiger partial charge in [-0.1, -0.05) is 40.0 Å². The summed E-state index contributed by atoms with van der Waals surface area (Å²) in [6, 6.07) is -1.51. The minimum Gasteiger partial charge on any atom is -0.480 e. The number of hydrogen-bond donors (Lipinski definition) is 4. The molecular weight excluding hydrogens is 283 g/mol. The molecule has 2 atom stereocenters. The summed E-state index contributed by atoms with van der Waals surface area (Å²) in [7, 11) is -0.840. The van der Waals surface area contributed by atoms with E-state index >= 15 is 0 Å². The molecule has 0 aliphatic heterocycles. The predicted octanol–water partition coefficient (Wildman–Crippen LogP) is 1.25. The maximum atomic E-state index is 12.5. The molecule has 0 aromatic heterocycles. The Hall–Kier alpha value is -1.08. The lowest BCUT2D eigenvalue weighted by atomic mass is 9.78. The fraction of sp³-hybridized carbons (Fsp3) is 0.867. The van der Waals surface area contributed by atoms with Crippen molar-refractivity contribution < 1.29 is 19.7 Å². The Labute approximate surface area is 133 Å². The molecule has 0 spiro atoms. The standard InChI is InChI=1S/C15H29BN2O4/c1-15(2,3)12(18-16(4)22)13(19)17-11(14(20)21)10-8-6-5-7-9-10/h10-12,18,22H,5-9H2,1-4H3,(H,17,19)(H,20,21)/t11-,12+/m0/s1. The molecule has 0 aromatic rings. The number of amides is 1. The minimum absolute atomic E-state index is 0.0117. The summed E-state index contributed by atoms with van der Waals surface area (Å²) in [5, 5.41) is 24.5. The number of rotatable bonds is 6. The molecule has 1 aliphatic carbocycles. The van der Waals surface area contributed by atoms with E-state index in [0.29, 0.717) is 0 Å². The van der Waals surface area contributed by atoms with Crippen LogP contribution in [0.5, 0.6) is 0 Å². The summed E-state index contributed by atoms with van der Waals surface area (Å²) in [6.07, 6.45) is 4.82. The molecule has 0 aromatic carbocycles. The summed E-state index contributed by atoms with van der Waals surface area (Å²) in [5.41, 5.74) is -0.434. The van der Waals surface area contributed by atoms with E-state index in [4.69, 9.17) is 0 Å². The quantitative estimate of drug-likeness (QED) is 0.553. The summed E-state index contributed by atoms with van der Waals surface area (Å²) in [4.78, 5) is 24.1. The molecule has 0 bridgehead atoms. The van der Waals surface area contributed by atoms with Crippen molar-refractivity contribution in [2.24, 2.45) is 11.3 Å². The third kappa shape index (κ3) is 5.61. The van der Waals surface area contributed by atoms with Gasteiger partial charge in [-0.25, -0.2) is 4.79 Å². The lowest BCUT2D eigenvalue weighted by Gasteiger charge is -2.34. The van der Waals surface area contributed by atoms with Gasteiger partial charge in [0.05, 0.1) is 6.04 Å². The first kappa shape index (κ1) is 19.0. The van der Waals surface area contributed by atoms with Gasteiger partial charge in [-0.2, -0.15) is 0 Å². The van der Waals surface area contributed by atoms with E-state index in [9.17, 15) is 19.7 Å². The summed E-state index contributed by atoms with van der Waals surface area (Å²) in [6.45, 7) is 7.18. The van der Waals surface area contributed by atoms with E-state index in [1.807, 2.05) is 20.8 Å². The summed E-state index contributed by atoms with van der Waals surface area (Å²) < 4.78 is 0. The first-order valence-corrected chi connectivity index (χ1v) is 8.10. The van der Waals surface area contributed by atoms with Crippen molar-refractivity contribution in [2.75, 3.05) is 0 Å². The first-order chi connectivity index (χ1) is 10.1. The average molecular weight is 312 g/mol. The second kappa shape index (κ2) is 7.97. The molecule has 1 amide bonds. The Morgan fingerprint density at radius 3 is 2.14 bits per heavy atom. The maximum Gasteiger partial charge on any atom is 0.374 e. The third-order valence-corrected chi connectivity index (χ3v) is 4.22. The van der Waals surface area contributed by atoms with E-state index in [0.717, 1.165) is 32.1 Å². The topological polar surface area (TPSA) is 98.7 Å². The van der Waals surface area contributed by atoms with E-state index < -0.39 is 30.5 Å². The Kier molecular flexibility index (Phi) is 6.87. The Morgan fingerprint density at radius 1 is 1.18 bits per heavy atom. The van der Waals surface area contributed by atoms with E-state index in [2.05, 4.69) is 10.5 Å². The molecule has 0 heterocycles. The number of nitrogens with one attached hydrogen (secondary N) is 2. The number of aliphatic carboxylic acids is 1. The zero-order valence-electron chi connectivity index (χ0n) is 14.1. The molecule has 0 radical (unpaired) electrons. The smallest absolute Gasteiger partial charge is 0.374 e. The highest BCUT2D eigenvalue weighted by molar-refractivity contribution is 6.46. The second-order valence-electron chi connectivity index (χ2n) is 7.36. The minimum atomic E-state index is -0.982. The molecule has 6 nitrogen and oxygen atoms in total. The first-order valence-electron chi connectivity index (χ1n) is 8.10. The van der Waals surface area contributed by atoms with E-state index in [1.54, 1.807) is 6.82 Å². The van der Waals surface area contributed by atoms with Crippen LogP contribution in [-0.4, -0.2) is 41.1 Å². The van der Waals surface area contributed by atoms with Crippen molar-refractivity contribution in [3.05, 3.63) is 0 Å². The highest BCUT2D eigenvalue weighted by Crippen LogP contribution is 2.27. The van der Waals surface area contributed by atoms with Crippen LogP contribution in [0.2, 0.25) is 6.82 Å². The van der Waals surface area contributed by atoms with Gasteiger partial charge in [0, 0.05) is 0 Å². The Bertz CT molecular complexity index is 389. The Morgan fingerprint density at radius 2 is 1.73 bits per heavy atom. The van der Waals surface area contributed by atoms with Crippen LogP contribution in [0, 0.1) is 11.3 Å². The van der Waals surface area contributed by atoms with Crippen molar-refractivity contribution in [1.29, 1.82) is 0 Å². The summed E-state index contributed by atoms with van der Waals surface area (Å²) >= 11 is 0. The number of carbonyl (C=O) groups is 2. The lowest BCUT2D eigenvalue weighted by Crippen LogP contribution is -2.59. The normalized spacial score (nSPS) is 19.3. The van der Waals surface area contributed by atoms with Crippen molar-refractivity contribution in [3.8, 4) is 0 Å². The van der Waals surface area contributed by atoms with Gasteiger partial charge in [-0.15, -0.1) is 0 Å². The molecule has 0 saturated heterocycles. The lowest BCUT2D eigenvalue weighted by molar-refractivity contribution is -0.144. The zero-order valence-corrected chi connectivity index (χ0v) is 14.1. The van der Waals surface area contributed by atoms with Gasteiger partial charge in [0.15, 0.2) is 0 Å². The third-order valence-electron chi connectivity index (χ3n) is 4.22. The van der Waals surface area contributed by atoms with Gasteiger partial charge >= 0.3 is 13.0 Å². The van der Waals surface area contributed by atoms with Gasteiger partial charge in [0.1, 0.15) is 6.04 Å². The largest absolute Gasteiger partial charge is 0.480 e. The molecule has 1 fully saturated rings. The zero-order chi connectivity index (χ0) is 16.9. The molecule has 1 saturated carbocycles.